The summed E-state index contributed by atoms with van der Waals surface area (Å²) in [6.07, 6.45) is 10.1. The molecule has 54 heavy (non-hydrogen) atoms. The maximum atomic E-state index is 13.3. The number of halogens is 2. The highest BCUT2D eigenvalue weighted by molar-refractivity contribution is 7.10. The molecule has 2 atom stereocenters. The van der Waals surface area contributed by atoms with Crippen LogP contribution in [0.2, 0.25) is 0 Å². The number of pyridine rings is 2. The average Bonchev–Trinajstić information content (AvgIpc) is 3.97. The van der Waals surface area contributed by atoms with Crippen LogP contribution in [-0.4, -0.2) is 72.4 Å². The van der Waals surface area contributed by atoms with E-state index < -0.39 is 0 Å². The normalized spacial score (nSPS) is 21.1. The third kappa shape index (κ3) is 10.8. The molecule has 6 rings (SSSR count). The third-order valence-corrected chi connectivity index (χ3v) is 13.8. The molecule has 4 aromatic rings. The molecule has 0 unspecified atom stereocenters. The van der Waals surface area contributed by atoms with Crippen LogP contribution in [0.1, 0.15) is 99.5 Å². The quantitative estimate of drug-likeness (QED) is 0.113. The van der Waals surface area contributed by atoms with Gasteiger partial charge in [0.05, 0.1) is 13.2 Å². The van der Waals surface area contributed by atoms with Crippen molar-refractivity contribution in [1.29, 1.82) is 0 Å². The van der Waals surface area contributed by atoms with Gasteiger partial charge in [-0.3, -0.25) is 19.8 Å². The van der Waals surface area contributed by atoms with Gasteiger partial charge in [0.25, 0.3) is 0 Å². The van der Waals surface area contributed by atoms with Crippen LogP contribution in [0.15, 0.2) is 60.9 Å². The summed E-state index contributed by atoms with van der Waals surface area (Å²) < 4.78 is 38.5. The Morgan fingerprint density at radius 2 is 1.06 bits per heavy atom. The average molecular weight is 781 g/mol. The molecule has 10 heteroatoms. The summed E-state index contributed by atoms with van der Waals surface area (Å²) in [5.41, 5.74) is 4.72. The van der Waals surface area contributed by atoms with Crippen LogP contribution < -0.4 is 0 Å². The van der Waals surface area contributed by atoms with E-state index in [9.17, 15) is 8.78 Å². The Balaban J connectivity index is 0.000000208. The number of thiophene rings is 2. The van der Waals surface area contributed by atoms with Crippen LogP contribution in [0.25, 0.3) is 0 Å². The molecule has 2 aliphatic heterocycles. The maximum absolute atomic E-state index is 13.3. The van der Waals surface area contributed by atoms with E-state index in [4.69, 9.17) is 9.47 Å². The smallest absolute Gasteiger partial charge is 0.176 e. The van der Waals surface area contributed by atoms with Crippen LogP contribution in [-0.2, 0) is 33.4 Å². The van der Waals surface area contributed by atoms with Gasteiger partial charge in [-0.2, -0.15) is 8.78 Å². The van der Waals surface area contributed by atoms with Gasteiger partial charge in [-0.25, -0.2) is 0 Å². The predicted octanol–water partition coefficient (Wildman–Crippen LogP) is 10.4. The highest BCUT2D eigenvalue weighted by Crippen LogP contribution is 2.43. The van der Waals surface area contributed by atoms with Gasteiger partial charge in [-0.15, -0.1) is 22.7 Å². The molecule has 6 heterocycles. The van der Waals surface area contributed by atoms with Crippen LogP contribution in [0.4, 0.5) is 8.78 Å². The van der Waals surface area contributed by atoms with Gasteiger partial charge in [-0.1, -0.05) is 12.1 Å². The lowest BCUT2D eigenvalue weighted by Gasteiger charge is -2.38. The molecule has 0 saturated carbocycles. The van der Waals surface area contributed by atoms with Gasteiger partial charge in [0.2, 0.25) is 0 Å². The molecule has 2 fully saturated rings. The molecule has 6 nitrogen and oxygen atoms in total. The zero-order valence-corrected chi connectivity index (χ0v) is 35.5. The van der Waals surface area contributed by atoms with Crippen molar-refractivity contribution >= 4 is 22.7 Å². The molecule has 296 valence electrons. The first-order chi connectivity index (χ1) is 25.7. The lowest BCUT2D eigenvalue weighted by molar-refractivity contribution is 0.0385. The summed E-state index contributed by atoms with van der Waals surface area (Å²) in [6, 6.07) is 15.6. The standard InChI is InChI=1S/2C22H31FN2OS/c2*1-5-26-16-22(11-10-19-8-9-20(23)27-19)12-13-25(15-22)21(3,4)18-7-6-17(2)24-14-18/h2*6-9,14H,5,10-13,15-16H2,1-4H3/t2*22-/m10/s1. The number of rotatable bonds is 16. The van der Waals surface area contributed by atoms with Gasteiger partial charge in [-0.05, 0) is 155 Å². The molecule has 0 amide bonds. The fraction of sp³-hybridized carbons (Fsp3) is 0.591. The van der Waals surface area contributed by atoms with Gasteiger partial charge >= 0.3 is 0 Å². The second-order valence-electron chi connectivity index (χ2n) is 16.5. The van der Waals surface area contributed by atoms with Crippen molar-refractivity contribution in [1.82, 2.24) is 19.8 Å². The highest BCUT2D eigenvalue weighted by atomic mass is 32.1. The number of aromatic nitrogens is 2. The third-order valence-electron chi connectivity index (χ3n) is 12.0. The van der Waals surface area contributed by atoms with E-state index in [0.29, 0.717) is 0 Å². The van der Waals surface area contributed by atoms with E-state index in [1.165, 1.54) is 33.8 Å². The molecule has 0 aliphatic carbocycles. The molecule has 0 N–H and O–H groups in total. The SMILES string of the molecule is CCOC[C@@]1(CCc2ccc(F)s2)CCN(C(C)(C)c2ccc(C)nc2)C1.CCOC[C@]1(CCc2ccc(F)s2)CCN(C(C)(C)c2ccc(C)nc2)C1. The lowest BCUT2D eigenvalue weighted by atomic mass is 9.82. The second kappa shape index (κ2) is 18.6. The minimum atomic E-state index is -0.0927. The molecule has 0 spiro atoms. The Kier molecular flexibility index (Phi) is 14.6. The minimum Gasteiger partial charge on any atom is -0.381 e. The number of aryl methyl sites for hydroxylation is 4. The zero-order chi connectivity index (χ0) is 39.0. The van der Waals surface area contributed by atoms with E-state index >= 15 is 0 Å². The largest absolute Gasteiger partial charge is 0.381 e. The molecule has 2 saturated heterocycles. The van der Waals surface area contributed by atoms with Crippen LogP contribution in [0, 0.1) is 34.9 Å². The van der Waals surface area contributed by atoms with E-state index in [-0.39, 0.29) is 32.2 Å². The first-order valence-corrected chi connectivity index (χ1v) is 21.3. The van der Waals surface area contributed by atoms with Gasteiger partial charge < -0.3 is 9.47 Å². The first-order valence-electron chi connectivity index (χ1n) is 19.7. The Morgan fingerprint density at radius 3 is 1.37 bits per heavy atom. The van der Waals surface area contributed by atoms with Crippen molar-refractivity contribution < 1.29 is 18.3 Å². The zero-order valence-electron chi connectivity index (χ0n) is 33.9. The summed E-state index contributed by atoms with van der Waals surface area (Å²) in [5.74, 6) is 0. The Hall–Kier alpha value is -2.60. The maximum Gasteiger partial charge on any atom is 0.176 e. The Labute approximate surface area is 331 Å². The van der Waals surface area contributed by atoms with Crippen LogP contribution in [0.5, 0.6) is 0 Å². The number of hydrogen-bond acceptors (Lipinski definition) is 8. The molecule has 0 bridgehead atoms. The summed E-state index contributed by atoms with van der Waals surface area (Å²) in [6.45, 7) is 24.4. The van der Waals surface area contributed by atoms with E-state index in [1.54, 1.807) is 12.1 Å². The lowest BCUT2D eigenvalue weighted by Crippen LogP contribution is -2.42. The number of ether oxygens (including phenoxy) is 2. The predicted molar refractivity (Wildman–Crippen MR) is 219 cm³/mol. The van der Waals surface area contributed by atoms with E-state index in [0.717, 1.165) is 112 Å². The fourth-order valence-electron chi connectivity index (χ4n) is 8.02. The molecule has 2 aliphatic rings. The van der Waals surface area contributed by atoms with Crippen molar-refractivity contribution in [3.63, 3.8) is 0 Å². The molecular formula is C44H62F2N4O2S2. The number of hydrogen-bond donors (Lipinski definition) is 0. The van der Waals surface area contributed by atoms with E-state index in [1.807, 2.05) is 38.4 Å². The van der Waals surface area contributed by atoms with Crippen molar-refractivity contribution in [3.8, 4) is 0 Å². The van der Waals surface area contributed by atoms with Gasteiger partial charge in [0.1, 0.15) is 0 Å². The molecule has 4 aromatic heterocycles. The monoisotopic (exact) mass is 780 g/mol. The van der Waals surface area contributed by atoms with Crippen molar-refractivity contribution in [2.24, 2.45) is 10.8 Å². The number of nitrogens with zero attached hydrogens (tertiary/aromatic N) is 4. The van der Waals surface area contributed by atoms with Gasteiger partial charge in [0, 0.05) is 81.7 Å². The summed E-state index contributed by atoms with van der Waals surface area (Å²) in [5, 5.41) is -0.185. The second-order valence-corrected chi connectivity index (χ2v) is 18.8. The van der Waals surface area contributed by atoms with Crippen molar-refractivity contribution in [3.05, 3.63) is 103 Å². The molecular weight excluding hydrogens is 719 g/mol. The summed E-state index contributed by atoms with van der Waals surface area (Å²) >= 11 is 2.54. The Bertz CT molecular complexity index is 1610. The fourth-order valence-corrected chi connectivity index (χ4v) is 9.48. The summed E-state index contributed by atoms with van der Waals surface area (Å²) in [4.78, 5) is 16.4. The van der Waals surface area contributed by atoms with Crippen molar-refractivity contribution in [2.75, 3.05) is 52.6 Å². The molecule has 0 radical (unpaired) electrons. The highest BCUT2D eigenvalue weighted by Gasteiger charge is 2.45. The number of likely N-dealkylation sites (tertiary alicyclic amines) is 2. The summed E-state index contributed by atoms with van der Waals surface area (Å²) in [7, 11) is 0. The van der Waals surface area contributed by atoms with Gasteiger partial charge in [0.15, 0.2) is 10.3 Å². The van der Waals surface area contributed by atoms with Crippen molar-refractivity contribution in [2.45, 2.75) is 105 Å². The van der Waals surface area contributed by atoms with Crippen LogP contribution >= 0.6 is 22.7 Å². The van der Waals surface area contributed by atoms with E-state index in [2.05, 4.69) is 85.6 Å². The topological polar surface area (TPSA) is 50.7 Å². The molecule has 0 aromatic carbocycles. The Morgan fingerprint density at radius 1 is 0.648 bits per heavy atom. The minimum absolute atomic E-state index is 0.0658. The van der Waals surface area contributed by atoms with Crippen LogP contribution in [0.3, 0.4) is 0 Å². The first kappa shape index (κ1) is 42.5.